The van der Waals surface area contributed by atoms with Crippen molar-refractivity contribution in [3.05, 3.63) is 23.5 Å². The predicted octanol–water partition coefficient (Wildman–Crippen LogP) is -0.111. The summed E-state index contributed by atoms with van der Waals surface area (Å²) in [6.45, 7) is -0.0414. The minimum absolute atomic E-state index is 0.0126. The van der Waals surface area contributed by atoms with Gasteiger partial charge in [0.05, 0.1) is 0 Å². The van der Waals surface area contributed by atoms with Crippen molar-refractivity contribution in [1.82, 2.24) is 9.71 Å². The van der Waals surface area contributed by atoms with E-state index in [0.717, 1.165) is 6.20 Å². The van der Waals surface area contributed by atoms with E-state index >= 15 is 0 Å². The molecule has 0 saturated heterocycles. The number of sulfonamides is 1. The number of aromatic nitrogens is 1. The minimum atomic E-state index is -3.65. The molecule has 1 amide bonds. The maximum atomic E-state index is 11.6. The number of nitrogens with two attached hydrogens (primary N) is 1. The summed E-state index contributed by atoms with van der Waals surface area (Å²) < 4.78 is 25.4. The molecule has 0 atom stereocenters. The maximum Gasteiger partial charge on any atom is 0.242 e. The van der Waals surface area contributed by atoms with E-state index in [1.54, 1.807) is 0 Å². The fourth-order valence-corrected chi connectivity index (χ4v) is 2.00. The molecule has 0 fully saturated rings. The summed E-state index contributed by atoms with van der Waals surface area (Å²) in [7, 11) is -3.65. The summed E-state index contributed by atoms with van der Waals surface area (Å²) in [4.78, 5) is 14.1. The van der Waals surface area contributed by atoms with Gasteiger partial charge in [-0.15, -0.1) is 0 Å². The summed E-state index contributed by atoms with van der Waals surface area (Å²) in [5, 5.41) is 0.205. The summed E-state index contributed by atoms with van der Waals surface area (Å²) in [6, 6.07) is 2.69. The number of amides is 1. The average Bonchev–Trinajstić information content (AvgIpc) is 2.17. The van der Waals surface area contributed by atoms with E-state index in [4.69, 9.17) is 17.3 Å². The van der Waals surface area contributed by atoms with Crippen molar-refractivity contribution in [3.63, 3.8) is 0 Å². The summed E-state index contributed by atoms with van der Waals surface area (Å²) >= 11 is 5.52. The van der Waals surface area contributed by atoms with Crippen LogP contribution in [-0.2, 0) is 14.8 Å². The fraction of sp³-hybridized carbons (Fsp3) is 0.250. The van der Waals surface area contributed by atoms with Crippen molar-refractivity contribution in [3.8, 4) is 0 Å². The summed E-state index contributed by atoms with van der Waals surface area (Å²) in [5.41, 5.74) is 4.88. The van der Waals surface area contributed by atoms with Crippen LogP contribution in [0.25, 0.3) is 0 Å². The first-order valence-corrected chi connectivity index (χ1v) is 6.17. The number of nitrogens with zero attached hydrogens (tertiary/aromatic N) is 1. The summed E-state index contributed by atoms with van der Waals surface area (Å²) in [6.07, 6.45) is 1.08. The van der Waals surface area contributed by atoms with E-state index < -0.39 is 15.9 Å². The van der Waals surface area contributed by atoms with E-state index in [2.05, 4.69) is 9.71 Å². The van der Waals surface area contributed by atoms with Crippen LogP contribution in [0, 0.1) is 0 Å². The molecular weight excluding hydrogens is 254 g/mol. The molecule has 0 aliphatic rings. The number of primary amides is 1. The van der Waals surface area contributed by atoms with Gasteiger partial charge in [0.2, 0.25) is 15.9 Å². The number of carbonyl (C=O) groups excluding carboxylic acids is 1. The lowest BCUT2D eigenvalue weighted by Gasteiger charge is -2.04. The van der Waals surface area contributed by atoms with Crippen molar-refractivity contribution in [2.24, 2.45) is 5.73 Å². The SMILES string of the molecule is NC(=O)CCNS(=O)(=O)c1ccc(Cl)nc1. The van der Waals surface area contributed by atoms with Gasteiger partial charge < -0.3 is 5.73 Å². The number of carbonyl (C=O) groups is 1. The fourth-order valence-electron chi connectivity index (χ4n) is 0.913. The van der Waals surface area contributed by atoms with Crippen LogP contribution >= 0.6 is 11.6 Å². The van der Waals surface area contributed by atoms with Crippen LogP contribution in [0.1, 0.15) is 6.42 Å². The van der Waals surface area contributed by atoms with Crippen LogP contribution in [0.15, 0.2) is 23.2 Å². The lowest BCUT2D eigenvalue weighted by molar-refractivity contribution is -0.117. The normalized spacial score (nSPS) is 11.3. The molecule has 0 aliphatic carbocycles. The first kappa shape index (κ1) is 12.9. The predicted molar refractivity (Wildman–Crippen MR) is 58.2 cm³/mol. The number of halogens is 1. The Bertz CT molecular complexity index is 472. The molecular formula is C8H10ClN3O3S. The molecule has 1 aromatic rings. The van der Waals surface area contributed by atoms with Crippen molar-refractivity contribution < 1.29 is 13.2 Å². The number of hydrogen-bond donors (Lipinski definition) is 2. The Labute approximate surface area is 97.9 Å². The number of nitrogens with one attached hydrogen (secondary N) is 1. The minimum Gasteiger partial charge on any atom is -0.370 e. The van der Waals surface area contributed by atoms with Crippen LogP contribution in [0.3, 0.4) is 0 Å². The second-order valence-electron chi connectivity index (χ2n) is 2.93. The number of rotatable bonds is 5. The molecule has 0 bridgehead atoms. The van der Waals surface area contributed by atoms with Crippen molar-refractivity contribution in [2.45, 2.75) is 11.3 Å². The maximum absolute atomic E-state index is 11.6. The van der Waals surface area contributed by atoms with Gasteiger partial charge in [-0.2, -0.15) is 0 Å². The second-order valence-corrected chi connectivity index (χ2v) is 5.08. The summed E-state index contributed by atoms with van der Waals surface area (Å²) in [5.74, 6) is -0.572. The lowest BCUT2D eigenvalue weighted by atomic mass is 10.4. The molecule has 16 heavy (non-hydrogen) atoms. The van der Waals surface area contributed by atoms with Gasteiger partial charge in [-0.25, -0.2) is 18.1 Å². The van der Waals surface area contributed by atoms with E-state index in [1.165, 1.54) is 12.1 Å². The molecule has 0 aromatic carbocycles. The van der Waals surface area contributed by atoms with Gasteiger partial charge in [-0.05, 0) is 12.1 Å². The Kier molecular flexibility index (Phi) is 4.22. The van der Waals surface area contributed by atoms with E-state index in [1.807, 2.05) is 0 Å². The quantitative estimate of drug-likeness (QED) is 0.724. The van der Waals surface area contributed by atoms with Crippen molar-refractivity contribution in [1.29, 1.82) is 0 Å². The van der Waals surface area contributed by atoms with Gasteiger partial charge in [0, 0.05) is 19.2 Å². The molecule has 0 radical (unpaired) electrons. The van der Waals surface area contributed by atoms with Crippen LogP contribution in [0.4, 0.5) is 0 Å². The average molecular weight is 264 g/mol. The van der Waals surface area contributed by atoms with Crippen LogP contribution < -0.4 is 10.5 Å². The van der Waals surface area contributed by atoms with Crippen LogP contribution in [-0.4, -0.2) is 25.9 Å². The third kappa shape index (κ3) is 3.76. The highest BCUT2D eigenvalue weighted by Crippen LogP contribution is 2.10. The smallest absolute Gasteiger partial charge is 0.242 e. The third-order valence-corrected chi connectivity index (χ3v) is 3.34. The zero-order chi connectivity index (χ0) is 12.2. The van der Waals surface area contributed by atoms with Crippen LogP contribution in [0.2, 0.25) is 5.15 Å². The highest BCUT2D eigenvalue weighted by atomic mass is 35.5. The molecule has 0 saturated carbocycles. The zero-order valence-electron chi connectivity index (χ0n) is 8.18. The topological polar surface area (TPSA) is 102 Å². The van der Waals surface area contributed by atoms with E-state index in [9.17, 15) is 13.2 Å². The van der Waals surface area contributed by atoms with Crippen molar-refractivity contribution in [2.75, 3.05) is 6.54 Å². The zero-order valence-corrected chi connectivity index (χ0v) is 9.75. The molecule has 1 heterocycles. The third-order valence-electron chi connectivity index (χ3n) is 1.67. The Hall–Kier alpha value is -1.18. The highest BCUT2D eigenvalue weighted by Gasteiger charge is 2.13. The lowest BCUT2D eigenvalue weighted by Crippen LogP contribution is -2.28. The standard InChI is InChI=1S/C8H10ClN3O3S/c9-7-2-1-6(5-11-7)16(14,15)12-4-3-8(10)13/h1-2,5,12H,3-4H2,(H2,10,13). The van der Waals surface area contributed by atoms with Gasteiger partial charge in [0.15, 0.2) is 0 Å². The molecule has 1 aromatic heterocycles. The monoisotopic (exact) mass is 263 g/mol. The molecule has 88 valence electrons. The molecule has 0 spiro atoms. The first-order valence-electron chi connectivity index (χ1n) is 4.31. The Morgan fingerprint density at radius 2 is 2.19 bits per heavy atom. The van der Waals surface area contributed by atoms with E-state index in [0.29, 0.717) is 0 Å². The van der Waals surface area contributed by atoms with Gasteiger partial charge in [-0.3, -0.25) is 4.79 Å². The van der Waals surface area contributed by atoms with Gasteiger partial charge in [0.1, 0.15) is 10.0 Å². The van der Waals surface area contributed by atoms with Gasteiger partial charge in [0.25, 0.3) is 0 Å². The Morgan fingerprint density at radius 1 is 1.50 bits per heavy atom. The molecule has 6 nitrogen and oxygen atoms in total. The molecule has 0 unspecified atom stereocenters. The second kappa shape index (κ2) is 5.24. The molecule has 3 N–H and O–H groups in total. The first-order chi connectivity index (χ1) is 7.42. The van der Waals surface area contributed by atoms with Gasteiger partial charge in [-0.1, -0.05) is 11.6 Å². The Balaban J connectivity index is 2.71. The largest absolute Gasteiger partial charge is 0.370 e. The van der Waals surface area contributed by atoms with Crippen molar-refractivity contribution >= 4 is 27.5 Å². The molecule has 0 aliphatic heterocycles. The van der Waals surface area contributed by atoms with E-state index in [-0.39, 0.29) is 23.0 Å². The van der Waals surface area contributed by atoms with Crippen LogP contribution in [0.5, 0.6) is 0 Å². The number of pyridine rings is 1. The van der Waals surface area contributed by atoms with Gasteiger partial charge >= 0.3 is 0 Å². The number of hydrogen-bond acceptors (Lipinski definition) is 4. The molecule has 1 rings (SSSR count). The molecule has 8 heteroatoms. The highest BCUT2D eigenvalue weighted by molar-refractivity contribution is 7.89. The Morgan fingerprint density at radius 3 is 2.69 bits per heavy atom.